The fourth-order valence-electron chi connectivity index (χ4n) is 4.79. The number of benzene rings is 2. The average molecular weight is 424 g/mol. The van der Waals surface area contributed by atoms with Gasteiger partial charge in [0.25, 0.3) is 0 Å². The van der Waals surface area contributed by atoms with Crippen LogP contribution in [0.3, 0.4) is 0 Å². The fourth-order valence-corrected chi connectivity index (χ4v) is 4.79. The third-order valence-corrected chi connectivity index (χ3v) is 6.40. The number of carbonyl (C=O) groups excluding carboxylic acids is 1. The molecular formula is C25H33N3O3. The number of nitrogens with zero attached hydrogens (tertiary/aromatic N) is 2. The highest BCUT2D eigenvalue weighted by atomic mass is 16.5. The quantitative estimate of drug-likeness (QED) is 0.694. The maximum Gasteiger partial charge on any atom is 0.322 e. The molecule has 4 rings (SSSR count). The lowest BCUT2D eigenvalue weighted by Gasteiger charge is -2.29. The van der Waals surface area contributed by atoms with Crippen LogP contribution in [0.5, 0.6) is 11.5 Å². The van der Waals surface area contributed by atoms with Crippen LogP contribution in [0, 0.1) is 0 Å². The first-order valence-electron chi connectivity index (χ1n) is 11.3. The Morgan fingerprint density at radius 3 is 2.45 bits per heavy atom. The summed E-state index contributed by atoms with van der Waals surface area (Å²) in [4.78, 5) is 17.7. The van der Waals surface area contributed by atoms with E-state index in [0.717, 1.165) is 60.9 Å². The van der Waals surface area contributed by atoms with E-state index < -0.39 is 0 Å². The van der Waals surface area contributed by atoms with Crippen molar-refractivity contribution >= 4 is 17.4 Å². The molecule has 2 aromatic rings. The van der Waals surface area contributed by atoms with Crippen molar-refractivity contribution < 1.29 is 14.3 Å². The SMILES string of the molecule is COc1ccc(OC)c(C2CCCN2C(=O)Nc2ccccc2N2CCCCCC2)c1. The van der Waals surface area contributed by atoms with Gasteiger partial charge in [0, 0.05) is 25.2 Å². The van der Waals surface area contributed by atoms with Gasteiger partial charge in [0.1, 0.15) is 11.5 Å². The molecule has 0 spiro atoms. The summed E-state index contributed by atoms with van der Waals surface area (Å²) in [5, 5.41) is 3.21. The highest BCUT2D eigenvalue weighted by molar-refractivity contribution is 5.93. The minimum Gasteiger partial charge on any atom is -0.497 e. The van der Waals surface area contributed by atoms with Crippen molar-refractivity contribution in [2.24, 2.45) is 0 Å². The Bertz CT molecular complexity index is 893. The lowest BCUT2D eigenvalue weighted by atomic mass is 10.0. The van der Waals surface area contributed by atoms with Crippen LogP contribution >= 0.6 is 0 Å². The second-order valence-corrected chi connectivity index (χ2v) is 8.31. The third kappa shape index (κ3) is 4.73. The summed E-state index contributed by atoms with van der Waals surface area (Å²) in [5.74, 6) is 1.56. The smallest absolute Gasteiger partial charge is 0.322 e. The molecular weight excluding hydrogens is 390 g/mol. The standard InChI is InChI=1S/C25H33N3O3/c1-30-19-13-14-24(31-2)20(18-19)22-12-9-17-28(22)25(29)26-21-10-5-6-11-23(21)27-15-7-3-4-8-16-27/h5-6,10-11,13-14,18,22H,3-4,7-9,12,15-17H2,1-2H3,(H,26,29). The first-order chi connectivity index (χ1) is 15.2. The molecule has 2 heterocycles. The summed E-state index contributed by atoms with van der Waals surface area (Å²) in [6.07, 6.45) is 6.83. The number of carbonyl (C=O) groups is 1. The van der Waals surface area contributed by atoms with Crippen LogP contribution in [-0.2, 0) is 0 Å². The van der Waals surface area contributed by atoms with Gasteiger partial charge in [0.05, 0.1) is 31.6 Å². The zero-order valence-corrected chi connectivity index (χ0v) is 18.6. The van der Waals surface area contributed by atoms with Crippen molar-refractivity contribution in [3.63, 3.8) is 0 Å². The van der Waals surface area contributed by atoms with E-state index >= 15 is 0 Å². The molecule has 166 valence electrons. The Balaban J connectivity index is 1.55. The molecule has 0 bridgehead atoms. The fraction of sp³-hybridized carbons (Fsp3) is 0.480. The van der Waals surface area contributed by atoms with E-state index in [1.54, 1.807) is 14.2 Å². The molecule has 2 amide bonds. The molecule has 2 fully saturated rings. The summed E-state index contributed by atoms with van der Waals surface area (Å²) in [5.41, 5.74) is 3.00. The Kier molecular flexibility index (Phi) is 6.85. The van der Waals surface area contributed by atoms with Gasteiger partial charge in [-0.05, 0) is 56.0 Å². The first kappa shape index (κ1) is 21.3. The lowest BCUT2D eigenvalue weighted by Crippen LogP contribution is -2.35. The van der Waals surface area contributed by atoms with Gasteiger partial charge >= 0.3 is 6.03 Å². The van der Waals surface area contributed by atoms with Crippen LogP contribution < -0.4 is 19.7 Å². The minimum atomic E-state index is -0.0605. The molecule has 0 aromatic heterocycles. The number of rotatable bonds is 5. The largest absolute Gasteiger partial charge is 0.497 e. The van der Waals surface area contributed by atoms with Gasteiger partial charge in [-0.15, -0.1) is 0 Å². The van der Waals surface area contributed by atoms with Crippen LogP contribution in [-0.4, -0.2) is 44.8 Å². The molecule has 31 heavy (non-hydrogen) atoms. The first-order valence-corrected chi connectivity index (χ1v) is 11.3. The van der Waals surface area contributed by atoms with Crippen molar-refractivity contribution in [2.45, 2.75) is 44.6 Å². The van der Waals surface area contributed by atoms with Crippen LogP contribution in [0.15, 0.2) is 42.5 Å². The second kappa shape index (κ2) is 9.94. The molecule has 2 saturated heterocycles. The van der Waals surface area contributed by atoms with Gasteiger partial charge in [-0.25, -0.2) is 4.79 Å². The molecule has 0 aliphatic carbocycles. The van der Waals surface area contributed by atoms with Crippen molar-refractivity contribution in [1.29, 1.82) is 0 Å². The molecule has 2 aliphatic rings. The topological polar surface area (TPSA) is 54.0 Å². The molecule has 1 unspecified atom stereocenters. The van der Waals surface area contributed by atoms with Gasteiger partial charge in [-0.1, -0.05) is 25.0 Å². The third-order valence-electron chi connectivity index (χ3n) is 6.40. The summed E-state index contributed by atoms with van der Waals surface area (Å²) in [6.45, 7) is 2.81. The van der Waals surface area contributed by atoms with E-state index in [1.807, 2.05) is 35.2 Å². The highest BCUT2D eigenvalue weighted by Gasteiger charge is 2.32. The maximum absolute atomic E-state index is 13.4. The molecule has 1 N–H and O–H groups in total. The number of methoxy groups -OCH3 is 2. The summed E-state index contributed by atoms with van der Waals surface area (Å²) >= 11 is 0. The summed E-state index contributed by atoms with van der Waals surface area (Å²) < 4.78 is 11.0. The minimum absolute atomic E-state index is 0.0320. The number of hydrogen-bond acceptors (Lipinski definition) is 4. The van der Waals surface area contributed by atoms with E-state index in [-0.39, 0.29) is 12.1 Å². The molecule has 0 saturated carbocycles. The van der Waals surface area contributed by atoms with Crippen LogP contribution in [0.1, 0.15) is 50.1 Å². The molecule has 1 atom stereocenters. The highest BCUT2D eigenvalue weighted by Crippen LogP contribution is 2.39. The van der Waals surface area contributed by atoms with E-state index in [2.05, 4.69) is 22.3 Å². The molecule has 6 heteroatoms. The molecule has 0 radical (unpaired) electrons. The molecule has 6 nitrogen and oxygen atoms in total. The number of nitrogens with one attached hydrogen (secondary N) is 1. The van der Waals surface area contributed by atoms with Gasteiger partial charge in [0.15, 0.2) is 0 Å². The Hall–Kier alpha value is -2.89. The predicted octanol–water partition coefficient (Wildman–Crippen LogP) is 5.45. The van der Waals surface area contributed by atoms with Crippen molar-refractivity contribution in [3.8, 4) is 11.5 Å². The summed E-state index contributed by atoms with van der Waals surface area (Å²) in [6, 6.07) is 13.9. The van der Waals surface area contributed by atoms with E-state index in [9.17, 15) is 4.79 Å². The van der Waals surface area contributed by atoms with Crippen LogP contribution in [0.25, 0.3) is 0 Å². The van der Waals surface area contributed by atoms with Gasteiger partial charge < -0.3 is 24.6 Å². The summed E-state index contributed by atoms with van der Waals surface area (Å²) in [7, 11) is 3.33. The van der Waals surface area contributed by atoms with Gasteiger partial charge in [-0.2, -0.15) is 0 Å². The number of anilines is 2. The number of ether oxygens (including phenoxy) is 2. The van der Waals surface area contributed by atoms with Crippen LogP contribution in [0.4, 0.5) is 16.2 Å². The molecule has 2 aromatic carbocycles. The zero-order chi connectivity index (χ0) is 21.6. The molecule has 2 aliphatic heterocycles. The van der Waals surface area contributed by atoms with Crippen molar-refractivity contribution in [3.05, 3.63) is 48.0 Å². The predicted molar refractivity (Wildman–Crippen MR) is 124 cm³/mol. The van der Waals surface area contributed by atoms with Crippen molar-refractivity contribution in [1.82, 2.24) is 4.90 Å². The van der Waals surface area contributed by atoms with Gasteiger partial charge in [-0.3, -0.25) is 0 Å². The van der Waals surface area contributed by atoms with Crippen molar-refractivity contribution in [2.75, 3.05) is 44.1 Å². The number of para-hydroxylation sites is 2. The van der Waals surface area contributed by atoms with Crippen LogP contribution in [0.2, 0.25) is 0 Å². The average Bonchev–Trinajstić information content (AvgIpc) is 3.14. The Labute approximate surface area is 185 Å². The van der Waals surface area contributed by atoms with E-state index in [0.29, 0.717) is 0 Å². The number of hydrogen-bond donors (Lipinski definition) is 1. The number of urea groups is 1. The number of likely N-dealkylation sites (tertiary alicyclic amines) is 1. The lowest BCUT2D eigenvalue weighted by molar-refractivity contribution is 0.206. The second-order valence-electron chi connectivity index (χ2n) is 8.31. The Morgan fingerprint density at radius 2 is 1.71 bits per heavy atom. The zero-order valence-electron chi connectivity index (χ0n) is 18.6. The van der Waals surface area contributed by atoms with E-state index in [1.165, 1.54) is 25.7 Å². The van der Waals surface area contributed by atoms with Gasteiger partial charge in [0.2, 0.25) is 0 Å². The Morgan fingerprint density at radius 1 is 0.935 bits per heavy atom. The number of amides is 2. The maximum atomic E-state index is 13.4. The van der Waals surface area contributed by atoms with E-state index in [4.69, 9.17) is 9.47 Å². The normalized spacial score (nSPS) is 19.1. The monoisotopic (exact) mass is 423 g/mol.